The van der Waals surface area contributed by atoms with Gasteiger partial charge in [-0.2, -0.15) is 0 Å². The fraction of sp³-hybridized carbons (Fsp3) is 0.538. The monoisotopic (exact) mass is 526 g/mol. The minimum atomic E-state index is -3.66. The minimum absolute atomic E-state index is 0.0200. The molecule has 0 aliphatic carbocycles. The zero-order chi connectivity index (χ0) is 25.1. The van der Waals surface area contributed by atoms with E-state index < -0.39 is 15.6 Å². The van der Waals surface area contributed by atoms with Crippen LogP contribution in [0.1, 0.15) is 63.1 Å². The van der Waals surface area contributed by atoms with Crippen LogP contribution >= 0.6 is 23.2 Å². The Bertz CT molecular complexity index is 1100. The van der Waals surface area contributed by atoms with Gasteiger partial charge in [-0.1, -0.05) is 49.2 Å². The molecule has 1 N–H and O–H groups in total. The molecule has 5 nitrogen and oxygen atoms in total. The summed E-state index contributed by atoms with van der Waals surface area (Å²) in [5.41, 5.74) is 2.62. The van der Waals surface area contributed by atoms with Crippen LogP contribution in [-0.2, 0) is 21.3 Å². The number of hydrogen-bond donors (Lipinski definition) is 1. The van der Waals surface area contributed by atoms with Gasteiger partial charge in [0.05, 0.1) is 10.5 Å². The van der Waals surface area contributed by atoms with Crippen molar-refractivity contribution in [2.75, 3.05) is 26.7 Å². The van der Waals surface area contributed by atoms with E-state index >= 15 is 0 Å². The Morgan fingerprint density at radius 2 is 1.94 bits per heavy atom. The molecule has 8 heteroatoms. The van der Waals surface area contributed by atoms with E-state index in [1.165, 1.54) is 0 Å². The molecule has 1 atom stereocenters. The van der Waals surface area contributed by atoms with Crippen LogP contribution in [0.25, 0.3) is 0 Å². The molecule has 0 amide bonds. The first-order chi connectivity index (χ1) is 15.9. The van der Waals surface area contributed by atoms with Gasteiger partial charge in [0.25, 0.3) is 0 Å². The molecule has 2 aromatic carbocycles. The normalized spacial score (nSPS) is 17.2. The van der Waals surface area contributed by atoms with E-state index in [2.05, 4.69) is 23.5 Å². The van der Waals surface area contributed by atoms with Crippen molar-refractivity contribution >= 4 is 33.2 Å². The minimum Gasteiger partial charge on any atom is -0.376 e. The molecule has 1 aliphatic rings. The van der Waals surface area contributed by atoms with Crippen molar-refractivity contribution in [2.24, 2.45) is 5.92 Å². The van der Waals surface area contributed by atoms with Crippen molar-refractivity contribution in [3.63, 3.8) is 0 Å². The summed E-state index contributed by atoms with van der Waals surface area (Å²) in [7, 11) is -1.62. The lowest BCUT2D eigenvalue weighted by Crippen LogP contribution is -2.33. The predicted octanol–water partition coefficient (Wildman–Crippen LogP) is 6.08. The Morgan fingerprint density at radius 3 is 2.65 bits per heavy atom. The Morgan fingerprint density at radius 1 is 1.21 bits per heavy atom. The molecule has 1 unspecified atom stereocenters. The van der Waals surface area contributed by atoms with Gasteiger partial charge < -0.3 is 9.64 Å². The van der Waals surface area contributed by atoms with Crippen molar-refractivity contribution < 1.29 is 13.2 Å². The molecule has 0 bridgehead atoms. The van der Waals surface area contributed by atoms with Crippen LogP contribution in [0.15, 0.2) is 41.3 Å². The molecule has 188 valence electrons. The van der Waals surface area contributed by atoms with Crippen LogP contribution in [0, 0.1) is 5.92 Å². The number of nitrogens with zero attached hydrogens (tertiary/aromatic N) is 1. The van der Waals surface area contributed by atoms with Crippen molar-refractivity contribution in [3.8, 4) is 0 Å². The van der Waals surface area contributed by atoms with E-state index in [1.807, 2.05) is 33.0 Å². The quantitative estimate of drug-likeness (QED) is 0.407. The van der Waals surface area contributed by atoms with E-state index in [1.54, 1.807) is 24.3 Å². The molecule has 2 aromatic rings. The number of benzene rings is 2. The van der Waals surface area contributed by atoms with E-state index in [0.717, 1.165) is 36.2 Å². The fourth-order valence-corrected chi connectivity index (χ4v) is 5.90. The SMILES string of the molecule is CC(C)CCOC(C)(C)CCNS(=O)(=O)c1cccc(C2CN(C)Cc3c(Cl)cc(Cl)cc32)c1. The third-order valence-corrected chi connectivity index (χ3v) is 8.28. The number of ether oxygens (including phenoxy) is 1. The van der Waals surface area contributed by atoms with Gasteiger partial charge in [0.2, 0.25) is 10.0 Å². The van der Waals surface area contributed by atoms with Gasteiger partial charge in [-0.3, -0.25) is 0 Å². The Hall–Kier alpha value is -1.15. The van der Waals surface area contributed by atoms with Crippen LogP contribution in [-0.4, -0.2) is 45.7 Å². The second kappa shape index (κ2) is 11.3. The van der Waals surface area contributed by atoms with Crippen LogP contribution in [0.3, 0.4) is 0 Å². The highest BCUT2D eigenvalue weighted by Gasteiger charge is 2.28. The van der Waals surface area contributed by atoms with Gasteiger partial charge in [-0.25, -0.2) is 13.1 Å². The summed E-state index contributed by atoms with van der Waals surface area (Å²) in [6.45, 7) is 10.8. The van der Waals surface area contributed by atoms with Gasteiger partial charge in [-0.05, 0) is 80.6 Å². The second-order valence-electron chi connectivity index (χ2n) is 10.2. The largest absolute Gasteiger partial charge is 0.376 e. The molecule has 0 aromatic heterocycles. The first-order valence-corrected chi connectivity index (χ1v) is 14.0. The molecular formula is C26H36Cl2N2O3S. The van der Waals surface area contributed by atoms with Crippen LogP contribution in [0.5, 0.6) is 0 Å². The van der Waals surface area contributed by atoms with Crippen LogP contribution < -0.4 is 4.72 Å². The van der Waals surface area contributed by atoms with Gasteiger partial charge in [-0.15, -0.1) is 0 Å². The lowest BCUT2D eigenvalue weighted by atomic mass is 9.85. The molecular weight excluding hydrogens is 491 g/mol. The topological polar surface area (TPSA) is 58.6 Å². The number of fused-ring (bicyclic) bond motifs is 1. The van der Waals surface area contributed by atoms with E-state index in [9.17, 15) is 8.42 Å². The number of halogens is 2. The second-order valence-corrected chi connectivity index (χ2v) is 12.8. The van der Waals surface area contributed by atoms with Crippen molar-refractivity contribution in [1.82, 2.24) is 9.62 Å². The standard InChI is InChI=1S/C26H36Cl2N2O3S/c1-18(2)9-12-33-26(3,4)10-11-29-34(31,32)21-8-6-7-19(13-21)23-16-30(5)17-24-22(23)14-20(27)15-25(24)28/h6-8,13-15,18,23,29H,9-12,16-17H2,1-5H3. The maximum absolute atomic E-state index is 13.1. The molecule has 0 spiro atoms. The molecule has 0 saturated heterocycles. The van der Waals surface area contributed by atoms with Crippen molar-refractivity contribution in [2.45, 2.75) is 63.5 Å². The highest BCUT2D eigenvalue weighted by molar-refractivity contribution is 7.89. The number of nitrogens with one attached hydrogen (secondary N) is 1. The average molecular weight is 528 g/mol. The summed E-state index contributed by atoms with van der Waals surface area (Å²) in [4.78, 5) is 2.44. The lowest BCUT2D eigenvalue weighted by molar-refractivity contribution is -0.0264. The summed E-state index contributed by atoms with van der Waals surface area (Å²) in [6.07, 6.45) is 1.57. The molecule has 0 fully saturated rings. The zero-order valence-corrected chi connectivity index (χ0v) is 23.0. The van der Waals surface area contributed by atoms with E-state index in [4.69, 9.17) is 27.9 Å². The number of hydrogen-bond acceptors (Lipinski definition) is 4. The Kier molecular flexibility index (Phi) is 9.10. The van der Waals surface area contributed by atoms with Gasteiger partial charge in [0, 0.05) is 42.2 Å². The summed E-state index contributed by atoms with van der Waals surface area (Å²) in [5.74, 6) is 0.554. The van der Waals surface area contributed by atoms with E-state index in [-0.39, 0.29) is 10.8 Å². The van der Waals surface area contributed by atoms with Gasteiger partial charge >= 0.3 is 0 Å². The first kappa shape index (κ1) is 27.4. The highest BCUT2D eigenvalue weighted by Crippen LogP contribution is 2.38. The number of likely N-dealkylation sites (N-methyl/N-ethyl adjacent to an activating group) is 1. The highest BCUT2D eigenvalue weighted by atomic mass is 35.5. The third-order valence-electron chi connectivity index (χ3n) is 6.27. The fourth-order valence-electron chi connectivity index (χ4n) is 4.24. The molecule has 3 rings (SSSR count). The molecule has 1 heterocycles. The Balaban J connectivity index is 1.74. The number of sulfonamides is 1. The lowest BCUT2D eigenvalue weighted by Gasteiger charge is -2.33. The summed E-state index contributed by atoms with van der Waals surface area (Å²) < 4.78 is 34.8. The summed E-state index contributed by atoms with van der Waals surface area (Å²) in [6, 6.07) is 10.9. The smallest absolute Gasteiger partial charge is 0.240 e. The average Bonchev–Trinajstić information content (AvgIpc) is 2.73. The molecule has 0 radical (unpaired) electrons. The first-order valence-electron chi connectivity index (χ1n) is 11.8. The molecule has 1 aliphatic heterocycles. The van der Waals surface area contributed by atoms with Crippen molar-refractivity contribution in [1.29, 1.82) is 0 Å². The maximum atomic E-state index is 13.1. The molecule has 0 saturated carbocycles. The maximum Gasteiger partial charge on any atom is 0.240 e. The van der Waals surface area contributed by atoms with Crippen LogP contribution in [0.2, 0.25) is 10.0 Å². The summed E-state index contributed by atoms with van der Waals surface area (Å²) >= 11 is 12.8. The van der Waals surface area contributed by atoms with Crippen molar-refractivity contribution in [3.05, 3.63) is 63.1 Å². The molecule has 34 heavy (non-hydrogen) atoms. The third kappa shape index (κ3) is 7.19. The zero-order valence-electron chi connectivity index (χ0n) is 20.7. The van der Waals surface area contributed by atoms with Gasteiger partial charge in [0.1, 0.15) is 0 Å². The number of rotatable bonds is 10. The van der Waals surface area contributed by atoms with E-state index in [0.29, 0.717) is 35.5 Å². The van der Waals surface area contributed by atoms with Crippen LogP contribution in [0.4, 0.5) is 0 Å². The predicted molar refractivity (Wildman–Crippen MR) is 140 cm³/mol. The van der Waals surface area contributed by atoms with Gasteiger partial charge in [0.15, 0.2) is 0 Å². The summed E-state index contributed by atoms with van der Waals surface area (Å²) in [5, 5.41) is 1.23. The Labute approximate surface area is 214 Å².